The zero-order valence-corrected chi connectivity index (χ0v) is 10.5. The minimum atomic E-state index is -1.05. The minimum Gasteiger partial charge on any atom is -0.482 e. The molecule has 0 bridgehead atoms. The van der Waals surface area contributed by atoms with E-state index in [2.05, 4.69) is 11.9 Å². The lowest BCUT2D eigenvalue weighted by Crippen LogP contribution is -2.14. The predicted molar refractivity (Wildman–Crippen MR) is 69.5 cm³/mol. The van der Waals surface area contributed by atoms with Crippen LogP contribution in [0.15, 0.2) is 30.9 Å². The van der Waals surface area contributed by atoms with E-state index in [9.17, 15) is 9.59 Å². The van der Waals surface area contributed by atoms with Crippen LogP contribution in [0.25, 0.3) is 0 Å². The van der Waals surface area contributed by atoms with Gasteiger partial charge in [0.15, 0.2) is 6.61 Å². The second-order valence-electron chi connectivity index (χ2n) is 3.67. The Kier molecular flexibility index (Phi) is 5.40. The Hall–Kier alpha value is -2.50. The number of hydrogen-bond donors (Lipinski definition) is 2. The zero-order chi connectivity index (χ0) is 14.3. The molecular formula is C13H15NO5. The Morgan fingerprint density at radius 2 is 2.21 bits per heavy atom. The second kappa shape index (κ2) is 7.05. The lowest BCUT2D eigenvalue weighted by Gasteiger charge is -2.10. The van der Waals surface area contributed by atoms with Gasteiger partial charge in [0.25, 0.3) is 0 Å². The number of benzene rings is 1. The van der Waals surface area contributed by atoms with Gasteiger partial charge in [0.05, 0.1) is 0 Å². The fourth-order valence-corrected chi connectivity index (χ4v) is 1.29. The Balaban J connectivity index is 2.63. The number of aliphatic carboxylic acids is 1. The summed E-state index contributed by atoms with van der Waals surface area (Å²) in [6, 6.07) is 4.81. The maximum Gasteiger partial charge on any atom is 0.411 e. The van der Waals surface area contributed by atoms with Crippen LogP contribution in [0, 0.1) is 6.92 Å². The third kappa shape index (κ3) is 5.12. The third-order valence-electron chi connectivity index (χ3n) is 2.13. The van der Waals surface area contributed by atoms with Crippen LogP contribution in [-0.2, 0) is 9.53 Å². The fraction of sp³-hybridized carbons (Fsp3) is 0.231. The van der Waals surface area contributed by atoms with Crippen molar-refractivity contribution in [3.8, 4) is 5.75 Å². The molecule has 0 spiro atoms. The number of aryl methyl sites for hydroxylation is 1. The molecule has 1 rings (SSSR count). The summed E-state index contributed by atoms with van der Waals surface area (Å²) in [5.41, 5.74) is 1.30. The number of carbonyl (C=O) groups is 2. The van der Waals surface area contributed by atoms with Crippen LogP contribution < -0.4 is 10.1 Å². The number of carboxylic acid groups (broad SMARTS) is 1. The van der Waals surface area contributed by atoms with Crippen molar-refractivity contribution in [3.05, 3.63) is 36.4 Å². The first-order valence-electron chi connectivity index (χ1n) is 5.53. The topological polar surface area (TPSA) is 84.9 Å². The highest BCUT2D eigenvalue weighted by atomic mass is 16.5. The molecular weight excluding hydrogens is 250 g/mol. The summed E-state index contributed by atoms with van der Waals surface area (Å²) in [5.74, 6) is -0.627. The van der Waals surface area contributed by atoms with Gasteiger partial charge in [-0.05, 0) is 30.7 Å². The van der Waals surface area contributed by atoms with E-state index in [1.165, 1.54) is 6.08 Å². The van der Waals surface area contributed by atoms with Crippen LogP contribution in [0.5, 0.6) is 5.75 Å². The van der Waals surface area contributed by atoms with Gasteiger partial charge in [-0.25, -0.2) is 9.59 Å². The molecule has 1 aromatic rings. The van der Waals surface area contributed by atoms with E-state index in [1.807, 2.05) is 0 Å². The summed E-state index contributed by atoms with van der Waals surface area (Å²) >= 11 is 0. The summed E-state index contributed by atoms with van der Waals surface area (Å²) in [7, 11) is 0. The van der Waals surface area contributed by atoms with E-state index in [0.29, 0.717) is 11.4 Å². The average Bonchev–Trinajstić information content (AvgIpc) is 2.36. The minimum absolute atomic E-state index is 0.130. The lowest BCUT2D eigenvalue weighted by molar-refractivity contribution is -0.139. The van der Waals surface area contributed by atoms with Crippen molar-refractivity contribution in [3.63, 3.8) is 0 Å². The molecule has 1 amide bonds. The maximum absolute atomic E-state index is 11.3. The molecule has 0 atom stereocenters. The van der Waals surface area contributed by atoms with Gasteiger partial charge in [-0.15, -0.1) is 0 Å². The number of rotatable bonds is 6. The number of hydrogen-bond acceptors (Lipinski definition) is 4. The van der Waals surface area contributed by atoms with Crippen LogP contribution in [0.4, 0.5) is 10.5 Å². The number of carboxylic acids is 1. The van der Waals surface area contributed by atoms with Gasteiger partial charge < -0.3 is 14.6 Å². The second-order valence-corrected chi connectivity index (χ2v) is 3.67. The van der Waals surface area contributed by atoms with Crippen molar-refractivity contribution in [1.82, 2.24) is 0 Å². The van der Waals surface area contributed by atoms with Crippen LogP contribution in [0.1, 0.15) is 5.56 Å². The Bertz CT molecular complexity index is 484. The summed E-state index contributed by atoms with van der Waals surface area (Å²) < 4.78 is 9.80. The van der Waals surface area contributed by atoms with E-state index in [1.54, 1.807) is 25.1 Å². The SMILES string of the molecule is C=CCOC(=O)Nc1ccc(OCC(=O)O)cc1C. The Morgan fingerprint density at radius 1 is 1.47 bits per heavy atom. The molecule has 0 radical (unpaired) electrons. The molecule has 0 unspecified atom stereocenters. The van der Waals surface area contributed by atoms with Crippen molar-refractivity contribution in [2.45, 2.75) is 6.92 Å². The maximum atomic E-state index is 11.3. The zero-order valence-electron chi connectivity index (χ0n) is 10.5. The van der Waals surface area contributed by atoms with E-state index in [0.717, 1.165) is 5.56 Å². The molecule has 0 aliphatic heterocycles. The van der Waals surface area contributed by atoms with Crippen molar-refractivity contribution >= 4 is 17.7 Å². The first-order valence-corrected chi connectivity index (χ1v) is 5.53. The van der Waals surface area contributed by atoms with E-state index >= 15 is 0 Å². The highest BCUT2D eigenvalue weighted by molar-refractivity contribution is 5.85. The van der Waals surface area contributed by atoms with Gasteiger partial charge >= 0.3 is 12.1 Å². The molecule has 2 N–H and O–H groups in total. The van der Waals surface area contributed by atoms with Gasteiger partial charge in [-0.3, -0.25) is 5.32 Å². The molecule has 0 heterocycles. The molecule has 0 saturated carbocycles. The number of ether oxygens (including phenoxy) is 2. The Morgan fingerprint density at radius 3 is 2.79 bits per heavy atom. The summed E-state index contributed by atoms with van der Waals surface area (Å²) in [6.07, 6.45) is 0.886. The lowest BCUT2D eigenvalue weighted by atomic mass is 10.2. The summed E-state index contributed by atoms with van der Waals surface area (Å²) in [5, 5.41) is 11.0. The van der Waals surface area contributed by atoms with E-state index in [-0.39, 0.29) is 6.61 Å². The third-order valence-corrected chi connectivity index (χ3v) is 2.13. The molecule has 0 aromatic heterocycles. The molecule has 0 aliphatic rings. The molecule has 1 aromatic carbocycles. The van der Waals surface area contributed by atoms with Gasteiger partial charge in [-0.2, -0.15) is 0 Å². The Labute approximate surface area is 110 Å². The molecule has 19 heavy (non-hydrogen) atoms. The summed E-state index contributed by atoms with van der Waals surface area (Å²) in [4.78, 5) is 21.7. The van der Waals surface area contributed by atoms with Crippen molar-refractivity contribution in [2.75, 3.05) is 18.5 Å². The van der Waals surface area contributed by atoms with Gasteiger partial charge in [-0.1, -0.05) is 12.7 Å². The van der Waals surface area contributed by atoms with Crippen LogP contribution in [0.2, 0.25) is 0 Å². The first kappa shape index (κ1) is 14.6. The van der Waals surface area contributed by atoms with Gasteiger partial charge in [0.2, 0.25) is 0 Å². The number of amides is 1. The van der Waals surface area contributed by atoms with Gasteiger partial charge in [0.1, 0.15) is 12.4 Å². The van der Waals surface area contributed by atoms with E-state index in [4.69, 9.17) is 14.6 Å². The van der Waals surface area contributed by atoms with Crippen LogP contribution in [-0.4, -0.2) is 30.4 Å². The summed E-state index contributed by atoms with van der Waals surface area (Å²) in [6.45, 7) is 4.92. The fourth-order valence-electron chi connectivity index (χ4n) is 1.29. The average molecular weight is 265 g/mol. The molecule has 6 nitrogen and oxygen atoms in total. The number of nitrogens with one attached hydrogen (secondary N) is 1. The largest absolute Gasteiger partial charge is 0.482 e. The normalized spacial score (nSPS) is 9.53. The van der Waals surface area contributed by atoms with Gasteiger partial charge in [0, 0.05) is 5.69 Å². The van der Waals surface area contributed by atoms with Crippen LogP contribution >= 0.6 is 0 Å². The quantitative estimate of drug-likeness (QED) is 0.770. The molecule has 0 saturated heterocycles. The molecule has 0 fully saturated rings. The van der Waals surface area contributed by atoms with Crippen molar-refractivity contribution in [1.29, 1.82) is 0 Å². The molecule has 102 valence electrons. The molecule has 6 heteroatoms. The highest BCUT2D eigenvalue weighted by Gasteiger charge is 2.07. The monoisotopic (exact) mass is 265 g/mol. The standard InChI is InChI=1S/C13H15NO5/c1-3-6-18-13(17)14-11-5-4-10(7-9(11)2)19-8-12(15)16/h3-5,7H,1,6,8H2,2H3,(H,14,17)(H,15,16). The highest BCUT2D eigenvalue weighted by Crippen LogP contribution is 2.21. The molecule has 0 aliphatic carbocycles. The van der Waals surface area contributed by atoms with E-state index < -0.39 is 18.7 Å². The smallest absolute Gasteiger partial charge is 0.411 e. The first-order chi connectivity index (χ1) is 9.02. The van der Waals surface area contributed by atoms with Crippen molar-refractivity contribution in [2.24, 2.45) is 0 Å². The predicted octanol–water partition coefficient (Wildman–Crippen LogP) is 2.19. The number of anilines is 1. The number of carbonyl (C=O) groups excluding carboxylic acids is 1. The van der Waals surface area contributed by atoms with Crippen molar-refractivity contribution < 1.29 is 24.2 Å². The van der Waals surface area contributed by atoms with Crippen LogP contribution in [0.3, 0.4) is 0 Å².